The summed E-state index contributed by atoms with van der Waals surface area (Å²) >= 11 is 0. The van der Waals surface area contributed by atoms with Crippen molar-refractivity contribution < 1.29 is 28.6 Å². The minimum absolute atomic E-state index is 0.0943. The molecular weight excluding hydrogens is 961 g/mol. The maximum Gasteiger partial charge on any atom is 0.306 e. The summed E-state index contributed by atoms with van der Waals surface area (Å²) in [6.45, 7) is 6.47. The highest BCUT2D eigenvalue weighted by Crippen LogP contribution is 2.16. The molecule has 0 aromatic rings. The SMILES string of the molecule is CC/C=C\C/C=C\C/C=C\C/C=C\C/C=C\C/C=C\CCCCC(=O)OC(COC(=O)CCCCCCCCCC)COC(=O)CCCCCCCCCCCCCCCCCC/C=C\C/C=C\C/C=C\CCCCCCC. The highest BCUT2D eigenvalue weighted by Gasteiger charge is 2.19. The maximum atomic E-state index is 12.9. The zero-order valence-electron chi connectivity index (χ0n) is 51.2. The Kier molecular flexibility index (Phi) is 62.3. The summed E-state index contributed by atoms with van der Waals surface area (Å²) in [5, 5.41) is 0. The maximum absolute atomic E-state index is 12.9. The molecule has 78 heavy (non-hydrogen) atoms. The van der Waals surface area contributed by atoms with Crippen molar-refractivity contribution in [3.05, 3.63) is 109 Å². The Bertz CT molecular complexity index is 1570. The van der Waals surface area contributed by atoms with E-state index < -0.39 is 6.10 Å². The molecule has 6 heteroatoms. The quantitative estimate of drug-likeness (QED) is 0.0261. The smallest absolute Gasteiger partial charge is 0.306 e. The van der Waals surface area contributed by atoms with Crippen molar-refractivity contribution in [3.63, 3.8) is 0 Å². The lowest BCUT2D eigenvalue weighted by Gasteiger charge is -2.18. The third-order valence-electron chi connectivity index (χ3n) is 14.0. The molecule has 0 fully saturated rings. The van der Waals surface area contributed by atoms with Gasteiger partial charge < -0.3 is 14.2 Å². The van der Waals surface area contributed by atoms with E-state index >= 15 is 0 Å². The van der Waals surface area contributed by atoms with Gasteiger partial charge >= 0.3 is 17.9 Å². The van der Waals surface area contributed by atoms with Gasteiger partial charge in [0.1, 0.15) is 13.2 Å². The number of carbonyl (C=O) groups excluding carboxylic acids is 3. The van der Waals surface area contributed by atoms with E-state index in [4.69, 9.17) is 14.2 Å². The largest absolute Gasteiger partial charge is 0.462 e. The van der Waals surface area contributed by atoms with Crippen LogP contribution in [0.4, 0.5) is 0 Å². The summed E-state index contributed by atoms with van der Waals surface area (Å²) in [5.74, 6) is -0.936. The molecule has 0 aromatic heterocycles. The van der Waals surface area contributed by atoms with E-state index in [-0.39, 0.29) is 37.5 Å². The van der Waals surface area contributed by atoms with Gasteiger partial charge in [-0.1, -0.05) is 291 Å². The van der Waals surface area contributed by atoms with Crippen LogP contribution in [0.25, 0.3) is 0 Å². The minimum Gasteiger partial charge on any atom is -0.462 e. The lowest BCUT2D eigenvalue weighted by Crippen LogP contribution is -2.30. The zero-order valence-corrected chi connectivity index (χ0v) is 51.2. The molecule has 0 spiro atoms. The van der Waals surface area contributed by atoms with Crippen LogP contribution in [0.3, 0.4) is 0 Å². The van der Waals surface area contributed by atoms with Crippen molar-refractivity contribution in [1.29, 1.82) is 0 Å². The van der Waals surface area contributed by atoms with E-state index in [1.807, 2.05) is 0 Å². The van der Waals surface area contributed by atoms with Crippen molar-refractivity contribution in [2.24, 2.45) is 0 Å². The molecule has 0 bridgehead atoms. The Balaban J connectivity index is 4.17. The average Bonchev–Trinajstić information content (AvgIpc) is 3.44. The fourth-order valence-corrected chi connectivity index (χ4v) is 9.10. The number of unbranched alkanes of at least 4 members (excludes halogenated alkanes) is 30. The third-order valence-corrected chi connectivity index (χ3v) is 14.0. The third kappa shape index (κ3) is 62.9. The van der Waals surface area contributed by atoms with Crippen molar-refractivity contribution in [2.75, 3.05) is 13.2 Å². The Morgan fingerprint density at radius 1 is 0.269 bits per heavy atom. The van der Waals surface area contributed by atoms with E-state index in [1.165, 1.54) is 161 Å². The molecular formula is C72H122O6. The molecule has 1 unspecified atom stereocenters. The first kappa shape index (κ1) is 74.1. The lowest BCUT2D eigenvalue weighted by molar-refractivity contribution is -0.167. The second-order valence-electron chi connectivity index (χ2n) is 21.6. The second-order valence-corrected chi connectivity index (χ2v) is 21.6. The first-order valence-corrected chi connectivity index (χ1v) is 32.9. The normalized spacial score (nSPS) is 12.8. The molecule has 0 rings (SSSR count). The van der Waals surface area contributed by atoms with Crippen LogP contribution in [-0.2, 0) is 28.6 Å². The molecule has 0 amide bonds. The van der Waals surface area contributed by atoms with E-state index in [0.29, 0.717) is 19.3 Å². The van der Waals surface area contributed by atoms with Crippen molar-refractivity contribution in [2.45, 2.75) is 316 Å². The standard InChI is InChI=1S/C72H122O6/c1-4-7-10-13-16-19-21-23-25-27-29-31-32-33-34-35-36-37-38-39-40-42-43-45-47-49-51-53-56-59-62-65-71(74)77-68-69(67-76-70(73)64-61-58-55-18-15-12-9-6-3)78-72(75)66-63-60-57-54-52-50-48-46-44-41-30-28-26-24-22-20-17-14-11-8-5-2/h8,11,17,20-21,23-24,26-27,29-30,32-33,41,46,48,52,54,69H,4-7,9-10,12-16,18-19,22,25,28,31,34-40,42-45,47,49-51,53,55-68H2,1-3H3/b11-8-,20-17-,23-21-,26-24-,29-27-,33-32-,41-30-,48-46-,54-52-. The van der Waals surface area contributed by atoms with Gasteiger partial charge in [0.25, 0.3) is 0 Å². The second kappa shape index (κ2) is 65.6. The summed E-state index contributed by atoms with van der Waals surface area (Å²) in [6.07, 6.45) is 89.9. The van der Waals surface area contributed by atoms with E-state index in [1.54, 1.807) is 0 Å². The Hall–Kier alpha value is -3.93. The zero-order chi connectivity index (χ0) is 56.4. The minimum atomic E-state index is -0.800. The van der Waals surface area contributed by atoms with Gasteiger partial charge in [-0.3, -0.25) is 14.4 Å². The number of hydrogen-bond donors (Lipinski definition) is 0. The molecule has 0 heterocycles. The van der Waals surface area contributed by atoms with Gasteiger partial charge in [-0.25, -0.2) is 0 Å². The Labute approximate surface area is 482 Å². The van der Waals surface area contributed by atoms with Crippen LogP contribution in [0.5, 0.6) is 0 Å². The topological polar surface area (TPSA) is 78.9 Å². The van der Waals surface area contributed by atoms with Crippen LogP contribution in [0.15, 0.2) is 109 Å². The van der Waals surface area contributed by atoms with Crippen LogP contribution >= 0.6 is 0 Å². The predicted molar refractivity (Wildman–Crippen MR) is 339 cm³/mol. The van der Waals surface area contributed by atoms with Crippen LogP contribution < -0.4 is 0 Å². The van der Waals surface area contributed by atoms with E-state index in [9.17, 15) is 14.4 Å². The Morgan fingerprint density at radius 3 is 0.808 bits per heavy atom. The average molecular weight is 1080 g/mol. The van der Waals surface area contributed by atoms with Gasteiger partial charge in [-0.05, 0) is 109 Å². The number of allylic oxidation sites excluding steroid dienone is 18. The summed E-state index contributed by atoms with van der Waals surface area (Å²) in [4.78, 5) is 38.1. The molecule has 0 radical (unpaired) electrons. The molecule has 446 valence electrons. The van der Waals surface area contributed by atoms with Crippen molar-refractivity contribution in [3.8, 4) is 0 Å². The van der Waals surface area contributed by atoms with Gasteiger partial charge in [0.15, 0.2) is 6.10 Å². The summed E-state index contributed by atoms with van der Waals surface area (Å²) in [6, 6.07) is 0. The van der Waals surface area contributed by atoms with Crippen LogP contribution in [0.2, 0.25) is 0 Å². The van der Waals surface area contributed by atoms with Crippen molar-refractivity contribution >= 4 is 17.9 Å². The number of rotatable bonds is 59. The predicted octanol–water partition coefficient (Wildman–Crippen LogP) is 22.6. The summed E-state index contributed by atoms with van der Waals surface area (Å²) in [7, 11) is 0. The van der Waals surface area contributed by atoms with Crippen LogP contribution in [0.1, 0.15) is 310 Å². The number of carbonyl (C=O) groups is 3. The molecule has 6 nitrogen and oxygen atoms in total. The van der Waals surface area contributed by atoms with Gasteiger partial charge in [0.2, 0.25) is 0 Å². The first-order valence-electron chi connectivity index (χ1n) is 32.9. The highest BCUT2D eigenvalue weighted by molar-refractivity contribution is 5.71. The summed E-state index contributed by atoms with van der Waals surface area (Å²) < 4.78 is 16.8. The molecule has 0 aliphatic heterocycles. The monoisotopic (exact) mass is 1080 g/mol. The fraction of sp³-hybridized carbons (Fsp3) is 0.708. The molecule has 0 aromatic carbocycles. The first-order chi connectivity index (χ1) is 38.5. The lowest BCUT2D eigenvalue weighted by atomic mass is 10.0. The van der Waals surface area contributed by atoms with Crippen LogP contribution in [-0.4, -0.2) is 37.2 Å². The molecule has 0 aliphatic carbocycles. The van der Waals surface area contributed by atoms with E-state index in [2.05, 4.69) is 130 Å². The molecule has 0 saturated heterocycles. The summed E-state index contributed by atoms with van der Waals surface area (Å²) in [5.41, 5.74) is 0. The Morgan fingerprint density at radius 2 is 0.500 bits per heavy atom. The number of ether oxygens (including phenoxy) is 3. The molecule has 0 saturated carbocycles. The van der Waals surface area contributed by atoms with Gasteiger partial charge in [0, 0.05) is 19.3 Å². The fourth-order valence-electron chi connectivity index (χ4n) is 9.10. The molecule has 0 aliphatic rings. The van der Waals surface area contributed by atoms with Gasteiger partial charge in [0.05, 0.1) is 0 Å². The van der Waals surface area contributed by atoms with Gasteiger partial charge in [-0.15, -0.1) is 0 Å². The van der Waals surface area contributed by atoms with Crippen LogP contribution in [0, 0.1) is 0 Å². The number of hydrogen-bond acceptors (Lipinski definition) is 6. The van der Waals surface area contributed by atoms with Crippen molar-refractivity contribution in [1.82, 2.24) is 0 Å². The molecule has 1 atom stereocenters. The van der Waals surface area contributed by atoms with Gasteiger partial charge in [-0.2, -0.15) is 0 Å². The highest BCUT2D eigenvalue weighted by atomic mass is 16.6. The van der Waals surface area contributed by atoms with E-state index in [0.717, 1.165) is 103 Å². The molecule has 0 N–H and O–H groups in total. The number of esters is 3.